The summed E-state index contributed by atoms with van der Waals surface area (Å²) >= 11 is 0. The van der Waals surface area contributed by atoms with Gasteiger partial charge in [-0.05, 0) is 37.1 Å². The van der Waals surface area contributed by atoms with Crippen molar-refractivity contribution in [3.05, 3.63) is 42.2 Å². The van der Waals surface area contributed by atoms with Crippen molar-refractivity contribution in [2.24, 2.45) is 0 Å². The first-order valence-corrected chi connectivity index (χ1v) is 9.19. The van der Waals surface area contributed by atoms with Crippen LogP contribution in [0.4, 0.5) is 11.5 Å². The number of aromatic nitrogens is 4. The standard InChI is InChI=1S/C19H22N6O/c1-26-16-5-3-2-4-15(16)23-10-12-24(13-11-23)18-9-8-17-20-21-19(14-6-7-14)25(17)22-18/h2-5,8-9,14H,6-7,10-13H2,1H3. The molecule has 1 aliphatic carbocycles. The van der Waals surface area contributed by atoms with E-state index in [1.165, 1.54) is 12.8 Å². The molecule has 2 aliphatic rings. The summed E-state index contributed by atoms with van der Waals surface area (Å²) in [6.45, 7) is 3.74. The van der Waals surface area contributed by atoms with E-state index >= 15 is 0 Å². The lowest BCUT2D eigenvalue weighted by atomic mass is 10.2. The fourth-order valence-corrected chi connectivity index (χ4v) is 3.63. The van der Waals surface area contributed by atoms with Crippen molar-refractivity contribution in [2.45, 2.75) is 18.8 Å². The molecular formula is C19H22N6O. The molecule has 1 saturated heterocycles. The first kappa shape index (κ1) is 15.4. The highest BCUT2D eigenvalue weighted by molar-refractivity contribution is 5.59. The molecule has 0 spiro atoms. The zero-order chi connectivity index (χ0) is 17.5. The number of anilines is 2. The number of methoxy groups -OCH3 is 1. The minimum atomic E-state index is 0.537. The Morgan fingerprint density at radius 2 is 1.69 bits per heavy atom. The van der Waals surface area contributed by atoms with E-state index in [9.17, 15) is 0 Å². The Balaban J connectivity index is 1.35. The second-order valence-corrected chi connectivity index (χ2v) is 6.94. The molecular weight excluding hydrogens is 328 g/mol. The Kier molecular flexibility index (Phi) is 3.65. The predicted molar refractivity (Wildman–Crippen MR) is 100 cm³/mol. The normalized spacial score (nSPS) is 17.7. The predicted octanol–water partition coefficient (Wildman–Crippen LogP) is 2.34. The smallest absolute Gasteiger partial charge is 0.178 e. The van der Waals surface area contributed by atoms with E-state index in [2.05, 4.69) is 38.2 Å². The van der Waals surface area contributed by atoms with Gasteiger partial charge in [-0.3, -0.25) is 0 Å². The van der Waals surface area contributed by atoms with Gasteiger partial charge in [0.25, 0.3) is 0 Å². The molecule has 2 aromatic heterocycles. The molecule has 2 fully saturated rings. The number of para-hydroxylation sites is 2. The Morgan fingerprint density at radius 1 is 0.923 bits per heavy atom. The lowest BCUT2D eigenvalue weighted by Crippen LogP contribution is -2.47. The summed E-state index contributed by atoms with van der Waals surface area (Å²) in [5.41, 5.74) is 2.00. The average Bonchev–Trinajstić information content (AvgIpc) is 3.47. The minimum Gasteiger partial charge on any atom is -0.495 e. The van der Waals surface area contributed by atoms with E-state index in [0.717, 1.165) is 54.9 Å². The summed E-state index contributed by atoms with van der Waals surface area (Å²) in [6.07, 6.45) is 2.40. The number of piperazine rings is 1. The molecule has 134 valence electrons. The van der Waals surface area contributed by atoms with E-state index in [1.807, 2.05) is 22.7 Å². The largest absolute Gasteiger partial charge is 0.495 e. The van der Waals surface area contributed by atoms with Crippen LogP contribution < -0.4 is 14.5 Å². The van der Waals surface area contributed by atoms with Crippen molar-refractivity contribution in [1.29, 1.82) is 0 Å². The molecule has 0 bridgehead atoms. The topological polar surface area (TPSA) is 58.8 Å². The lowest BCUT2D eigenvalue weighted by Gasteiger charge is -2.37. The number of ether oxygens (including phenoxy) is 1. The third-order valence-corrected chi connectivity index (χ3v) is 5.24. The maximum atomic E-state index is 5.51. The number of benzene rings is 1. The third kappa shape index (κ3) is 2.64. The monoisotopic (exact) mass is 350 g/mol. The van der Waals surface area contributed by atoms with E-state index in [4.69, 9.17) is 9.84 Å². The van der Waals surface area contributed by atoms with Crippen LogP contribution in [-0.4, -0.2) is 53.1 Å². The zero-order valence-corrected chi connectivity index (χ0v) is 14.9. The zero-order valence-electron chi connectivity index (χ0n) is 14.9. The SMILES string of the molecule is COc1ccccc1N1CCN(c2ccc3nnc(C4CC4)n3n2)CC1. The van der Waals surface area contributed by atoms with Gasteiger partial charge in [0.05, 0.1) is 12.8 Å². The second-order valence-electron chi connectivity index (χ2n) is 6.94. The Morgan fingerprint density at radius 3 is 2.46 bits per heavy atom. The summed E-state index contributed by atoms with van der Waals surface area (Å²) in [5, 5.41) is 13.4. The van der Waals surface area contributed by atoms with Gasteiger partial charge in [0.15, 0.2) is 11.5 Å². The highest BCUT2D eigenvalue weighted by atomic mass is 16.5. The highest BCUT2D eigenvalue weighted by Gasteiger charge is 2.29. The quantitative estimate of drug-likeness (QED) is 0.720. The maximum Gasteiger partial charge on any atom is 0.178 e. The Bertz CT molecular complexity index is 927. The molecule has 3 aromatic rings. The molecule has 26 heavy (non-hydrogen) atoms. The summed E-state index contributed by atoms with van der Waals surface area (Å²) in [4.78, 5) is 4.71. The van der Waals surface area contributed by atoms with Gasteiger partial charge < -0.3 is 14.5 Å². The fourth-order valence-electron chi connectivity index (χ4n) is 3.63. The van der Waals surface area contributed by atoms with Crippen LogP contribution in [0.3, 0.4) is 0 Å². The van der Waals surface area contributed by atoms with Gasteiger partial charge >= 0.3 is 0 Å². The molecule has 7 nitrogen and oxygen atoms in total. The molecule has 0 N–H and O–H groups in total. The van der Waals surface area contributed by atoms with Gasteiger partial charge in [-0.25, -0.2) is 0 Å². The van der Waals surface area contributed by atoms with Crippen molar-refractivity contribution in [1.82, 2.24) is 19.8 Å². The molecule has 0 unspecified atom stereocenters. The second kappa shape index (κ2) is 6.16. The summed E-state index contributed by atoms with van der Waals surface area (Å²) in [7, 11) is 1.73. The van der Waals surface area contributed by atoms with Crippen LogP contribution in [0.25, 0.3) is 5.65 Å². The van der Waals surface area contributed by atoms with Crippen molar-refractivity contribution >= 4 is 17.2 Å². The van der Waals surface area contributed by atoms with Crippen LogP contribution in [0, 0.1) is 0 Å². The van der Waals surface area contributed by atoms with Crippen molar-refractivity contribution < 1.29 is 4.74 Å². The van der Waals surface area contributed by atoms with Crippen LogP contribution in [-0.2, 0) is 0 Å². The van der Waals surface area contributed by atoms with Crippen LogP contribution in [0.5, 0.6) is 5.75 Å². The van der Waals surface area contributed by atoms with E-state index in [-0.39, 0.29) is 0 Å². The number of rotatable bonds is 4. The van der Waals surface area contributed by atoms with Crippen molar-refractivity contribution in [3.8, 4) is 5.75 Å². The number of fused-ring (bicyclic) bond motifs is 1. The number of hydrogen-bond acceptors (Lipinski definition) is 6. The van der Waals surface area contributed by atoms with Gasteiger partial charge in [-0.1, -0.05) is 12.1 Å². The van der Waals surface area contributed by atoms with Crippen molar-refractivity contribution in [2.75, 3.05) is 43.1 Å². The van der Waals surface area contributed by atoms with Gasteiger partial charge in [0, 0.05) is 32.1 Å². The van der Waals surface area contributed by atoms with Crippen LogP contribution >= 0.6 is 0 Å². The molecule has 1 aromatic carbocycles. The third-order valence-electron chi connectivity index (χ3n) is 5.24. The molecule has 5 rings (SSSR count). The molecule has 1 aliphatic heterocycles. The van der Waals surface area contributed by atoms with Crippen molar-refractivity contribution in [3.63, 3.8) is 0 Å². The molecule has 0 atom stereocenters. The summed E-state index contributed by atoms with van der Waals surface area (Å²) < 4.78 is 7.44. The minimum absolute atomic E-state index is 0.537. The number of hydrogen-bond donors (Lipinski definition) is 0. The fraction of sp³-hybridized carbons (Fsp3) is 0.421. The Hall–Kier alpha value is -2.83. The van der Waals surface area contributed by atoms with Gasteiger partial charge in [0.1, 0.15) is 11.6 Å². The molecule has 1 saturated carbocycles. The molecule has 7 heteroatoms. The van der Waals surface area contributed by atoms with Crippen LogP contribution in [0.2, 0.25) is 0 Å². The van der Waals surface area contributed by atoms with E-state index < -0.39 is 0 Å². The first-order chi connectivity index (χ1) is 12.8. The molecule has 0 radical (unpaired) electrons. The lowest BCUT2D eigenvalue weighted by molar-refractivity contribution is 0.413. The van der Waals surface area contributed by atoms with E-state index in [1.54, 1.807) is 7.11 Å². The number of nitrogens with zero attached hydrogens (tertiary/aromatic N) is 6. The molecule has 3 heterocycles. The van der Waals surface area contributed by atoms with Gasteiger partial charge in [0.2, 0.25) is 0 Å². The Labute approximate surface area is 152 Å². The van der Waals surface area contributed by atoms with Crippen LogP contribution in [0.1, 0.15) is 24.6 Å². The summed E-state index contributed by atoms with van der Waals surface area (Å²) in [5.74, 6) is 3.47. The average molecular weight is 350 g/mol. The first-order valence-electron chi connectivity index (χ1n) is 9.19. The summed E-state index contributed by atoms with van der Waals surface area (Å²) in [6, 6.07) is 12.3. The highest BCUT2D eigenvalue weighted by Crippen LogP contribution is 2.38. The van der Waals surface area contributed by atoms with Crippen LogP contribution in [0.15, 0.2) is 36.4 Å². The van der Waals surface area contributed by atoms with Gasteiger partial charge in [-0.15, -0.1) is 15.3 Å². The van der Waals surface area contributed by atoms with E-state index in [0.29, 0.717) is 5.92 Å². The molecule has 0 amide bonds. The maximum absolute atomic E-state index is 5.51. The van der Waals surface area contributed by atoms with Gasteiger partial charge in [-0.2, -0.15) is 4.52 Å².